The minimum Gasteiger partial charge on any atom is -0.449 e. The fourth-order valence-corrected chi connectivity index (χ4v) is 3.72. The van der Waals surface area contributed by atoms with Crippen molar-refractivity contribution in [2.75, 3.05) is 18.4 Å². The molecule has 1 aromatic carbocycles. The number of amidine groups is 1. The van der Waals surface area contributed by atoms with Crippen molar-refractivity contribution in [1.29, 1.82) is 0 Å². The Hall–Kier alpha value is -2.88. The molecule has 0 saturated heterocycles. The average molecular weight is 420 g/mol. The summed E-state index contributed by atoms with van der Waals surface area (Å²) in [6, 6.07) is 6.09. The number of anilines is 1. The lowest BCUT2D eigenvalue weighted by Gasteiger charge is -2.19. The maximum atomic E-state index is 12.4. The normalized spacial score (nSPS) is 16.7. The Labute approximate surface area is 173 Å². The monoisotopic (exact) mass is 420 g/mol. The number of ether oxygens (including phenoxy) is 1. The van der Waals surface area contributed by atoms with Gasteiger partial charge < -0.3 is 20.7 Å². The summed E-state index contributed by atoms with van der Waals surface area (Å²) in [4.78, 5) is 53.5. The molecule has 1 aromatic rings. The molecule has 1 aliphatic heterocycles. The molecular formula is C19H24N4O5S. The molecule has 0 aliphatic carbocycles. The number of thioether (sulfide) groups is 1. The zero-order valence-corrected chi connectivity index (χ0v) is 17.3. The van der Waals surface area contributed by atoms with Crippen molar-refractivity contribution in [2.24, 2.45) is 10.7 Å². The van der Waals surface area contributed by atoms with Gasteiger partial charge in [-0.2, -0.15) is 4.99 Å². The van der Waals surface area contributed by atoms with Gasteiger partial charge in [-0.25, -0.2) is 4.79 Å². The number of nitrogens with zero attached hydrogens (tertiary/aromatic N) is 2. The number of hydrogen-bond donors (Lipinski definition) is 2. The molecule has 0 spiro atoms. The second-order valence-corrected chi connectivity index (χ2v) is 7.46. The predicted octanol–water partition coefficient (Wildman–Crippen LogP) is 1.39. The van der Waals surface area contributed by atoms with Crippen LogP contribution in [-0.4, -0.2) is 58.2 Å². The molecule has 3 N–H and O–H groups in total. The number of rotatable bonds is 8. The Morgan fingerprint density at radius 1 is 1.31 bits per heavy atom. The first-order chi connectivity index (χ1) is 13.7. The summed E-state index contributed by atoms with van der Waals surface area (Å²) in [6.45, 7) is 6.77. The standard InChI is InChI=1S/C19H24N4O5S/c1-4-23(5-2)19-22-17(26)14(29-19)10-15(24)21-13-8-6-7-12(9-13)18(27)28-11(3)16(20)25/h6-9,11,14H,4-5,10H2,1-3H3,(H2,20,25)(H,21,24)/t11-,14-/m0/s1. The Balaban J connectivity index is 1.96. The quantitative estimate of drug-likeness (QED) is 0.608. The molecule has 156 valence electrons. The molecule has 0 unspecified atom stereocenters. The highest BCUT2D eigenvalue weighted by Gasteiger charge is 2.32. The molecular weight excluding hydrogens is 396 g/mol. The van der Waals surface area contributed by atoms with Crippen molar-refractivity contribution in [3.05, 3.63) is 29.8 Å². The number of carbonyl (C=O) groups is 4. The van der Waals surface area contributed by atoms with Gasteiger partial charge in [-0.1, -0.05) is 17.8 Å². The first kappa shape index (κ1) is 22.4. The Kier molecular flexibility index (Phi) is 7.77. The highest BCUT2D eigenvalue weighted by atomic mass is 32.2. The molecule has 2 atom stereocenters. The Morgan fingerprint density at radius 3 is 2.62 bits per heavy atom. The van der Waals surface area contributed by atoms with Crippen LogP contribution in [0.1, 0.15) is 37.6 Å². The van der Waals surface area contributed by atoms with Gasteiger partial charge >= 0.3 is 5.97 Å². The number of esters is 1. The highest BCUT2D eigenvalue weighted by Crippen LogP contribution is 2.27. The van der Waals surface area contributed by atoms with Gasteiger partial charge in [0, 0.05) is 25.2 Å². The number of primary amides is 1. The van der Waals surface area contributed by atoms with Crippen LogP contribution in [0.4, 0.5) is 5.69 Å². The number of benzene rings is 1. The second kappa shape index (κ2) is 10.1. The zero-order chi connectivity index (χ0) is 21.6. The maximum absolute atomic E-state index is 12.4. The number of nitrogens with one attached hydrogen (secondary N) is 1. The van der Waals surface area contributed by atoms with Gasteiger partial charge in [0.2, 0.25) is 5.91 Å². The van der Waals surface area contributed by atoms with Crippen molar-refractivity contribution in [2.45, 2.75) is 38.5 Å². The Bertz CT molecular complexity index is 838. The second-order valence-electron chi connectivity index (χ2n) is 6.29. The summed E-state index contributed by atoms with van der Waals surface area (Å²) in [6.07, 6.45) is -1.10. The van der Waals surface area contributed by atoms with Gasteiger partial charge in [-0.05, 0) is 39.0 Å². The van der Waals surface area contributed by atoms with Gasteiger partial charge in [0.15, 0.2) is 11.3 Å². The fraction of sp³-hybridized carbons (Fsp3) is 0.421. The van der Waals surface area contributed by atoms with Crippen LogP contribution in [0.25, 0.3) is 0 Å². The summed E-state index contributed by atoms with van der Waals surface area (Å²) >= 11 is 1.28. The molecule has 0 aromatic heterocycles. The van der Waals surface area contributed by atoms with Crippen molar-refractivity contribution in [1.82, 2.24) is 4.90 Å². The van der Waals surface area contributed by atoms with E-state index in [1.54, 1.807) is 12.1 Å². The molecule has 29 heavy (non-hydrogen) atoms. The van der Waals surface area contributed by atoms with Gasteiger partial charge in [0.05, 0.1) is 5.56 Å². The summed E-state index contributed by atoms with van der Waals surface area (Å²) in [5.41, 5.74) is 5.61. The topological polar surface area (TPSA) is 131 Å². The molecule has 10 heteroatoms. The number of carbonyl (C=O) groups excluding carboxylic acids is 4. The van der Waals surface area contributed by atoms with Crippen molar-refractivity contribution >= 4 is 46.3 Å². The molecule has 2 rings (SSSR count). The van der Waals surface area contributed by atoms with Crippen LogP contribution in [0.3, 0.4) is 0 Å². The van der Waals surface area contributed by atoms with E-state index in [1.807, 2.05) is 18.7 Å². The van der Waals surface area contributed by atoms with E-state index in [2.05, 4.69) is 10.3 Å². The van der Waals surface area contributed by atoms with Crippen LogP contribution in [-0.2, 0) is 19.1 Å². The maximum Gasteiger partial charge on any atom is 0.338 e. The van der Waals surface area contributed by atoms with Crippen LogP contribution in [0.15, 0.2) is 29.3 Å². The van der Waals surface area contributed by atoms with Crippen molar-refractivity contribution in [3.8, 4) is 0 Å². The van der Waals surface area contributed by atoms with Gasteiger partial charge in [-0.15, -0.1) is 0 Å². The summed E-state index contributed by atoms with van der Waals surface area (Å²) in [7, 11) is 0. The zero-order valence-electron chi connectivity index (χ0n) is 16.5. The third kappa shape index (κ3) is 6.05. The molecule has 0 bridgehead atoms. The summed E-state index contributed by atoms with van der Waals surface area (Å²) in [5.74, 6) is -2.19. The molecule has 9 nitrogen and oxygen atoms in total. The number of aliphatic imine (C=N–C) groups is 1. The SMILES string of the molecule is CCN(CC)C1=NC(=O)[C@H](CC(=O)Nc2cccc(C(=O)O[C@@H](C)C(N)=O)c2)S1. The van der Waals surface area contributed by atoms with Gasteiger partial charge in [-0.3, -0.25) is 14.4 Å². The van der Waals surface area contributed by atoms with Gasteiger partial charge in [0.1, 0.15) is 5.25 Å². The third-order valence-corrected chi connectivity index (χ3v) is 5.41. The third-order valence-electron chi connectivity index (χ3n) is 4.20. The lowest BCUT2D eigenvalue weighted by Crippen LogP contribution is -2.30. The molecule has 3 amide bonds. The van der Waals surface area contributed by atoms with Crippen molar-refractivity contribution < 1.29 is 23.9 Å². The number of amides is 3. The van der Waals surface area contributed by atoms with E-state index in [-0.39, 0.29) is 23.8 Å². The molecule has 0 radical (unpaired) electrons. The Morgan fingerprint density at radius 2 is 2.00 bits per heavy atom. The smallest absolute Gasteiger partial charge is 0.338 e. The first-order valence-corrected chi connectivity index (χ1v) is 10.1. The van der Waals surface area contributed by atoms with Crippen LogP contribution in [0, 0.1) is 0 Å². The minimum atomic E-state index is -1.06. The largest absolute Gasteiger partial charge is 0.449 e. The predicted molar refractivity (Wildman–Crippen MR) is 111 cm³/mol. The van der Waals surface area contributed by atoms with E-state index in [0.717, 1.165) is 13.1 Å². The first-order valence-electron chi connectivity index (χ1n) is 9.19. The van der Waals surface area contributed by atoms with E-state index in [9.17, 15) is 19.2 Å². The van der Waals surface area contributed by atoms with E-state index in [4.69, 9.17) is 10.5 Å². The fourth-order valence-electron chi connectivity index (χ4n) is 2.53. The van der Waals surface area contributed by atoms with Crippen LogP contribution >= 0.6 is 11.8 Å². The lowest BCUT2D eigenvalue weighted by atomic mass is 10.2. The highest BCUT2D eigenvalue weighted by molar-refractivity contribution is 8.15. The summed E-state index contributed by atoms with van der Waals surface area (Å²) < 4.78 is 4.94. The van der Waals surface area contributed by atoms with Crippen LogP contribution < -0.4 is 11.1 Å². The minimum absolute atomic E-state index is 0.0366. The van der Waals surface area contributed by atoms with Crippen LogP contribution in [0.5, 0.6) is 0 Å². The molecule has 0 fully saturated rings. The summed E-state index contributed by atoms with van der Waals surface area (Å²) in [5, 5.41) is 2.72. The lowest BCUT2D eigenvalue weighted by molar-refractivity contribution is -0.125. The number of nitrogens with two attached hydrogens (primary N) is 1. The molecule has 0 saturated carbocycles. The van der Waals surface area contributed by atoms with E-state index >= 15 is 0 Å². The molecule has 1 aliphatic rings. The average Bonchev–Trinajstić information content (AvgIpc) is 3.02. The van der Waals surface area contributed by atoms with Crippen molar-refractivity contribution in [3.63, 3.8) is 0 Å². The van der Waals surface area contributed by atoms with Crippen LogP contribution in [0.2, 0.25) is 0 Å². The van der Waals surface area contributed by atoms with Gasteiger partial charge in [0.25, 0.3) is 11.8 Å². The van der Waals surface area contributed by atoms with E-state index < -0.39 is 23.2 Å². The van der Waals surface area contributed by atoms with E-state index in [0.29, 0.717) is 10.9 Å². The number of hydrogen-bond acceptors (Lipinski definition) is 7. The van der Waals surface area contributed by atoms with E-state index in [1.165, 1.54) is 30.8 Å². The molecule has 1 heterocycles.